The average Bonchev–Trinajstić information content (AvgIpc) is 2.41. The van der Waals surface area contributed by atoms with Crippen LogP contribution >= 0.6 is 12.2 Å². The highest BCUT2D eigenvalue weighted by Crippen LogP contribution is 2.17. The van der Waals surface area contributed by atoms with Gasteiger partial charge in [-0.1, -0.05) is 24.4 Å². The van der Waals surface area contributed by atoms with E-state index in [1.807, 2.05) is 24.3 Å². The lowest BCUT2D eigenvalue weighted by atomic mass is 10.2. The van der Waals surface area contributed by atoms with Gasteiger partial charge < -0.3 is 10.5 Å². The van der Waals surface area contributed by atoms with Crippen LogP contribution < -0.4 is 10.5 Å². The van der Waals surface area contributed by atoms with Crippen molar-refractivity contribution in [3.8, 4) is 5.75 Å². The summed E-state index contributed by atoms with van der Waals surface area (Å²) in [4.78, 5) is 2.62. The van der Waals surface area contributed by atoms with E-state index in [9.17, 15) is 4.21 Å². The smallest absolute Gasteiger partial charge is 0.129 e. The normalized spacial score (nSPS) is 17.3. The summed E-state index contributed by atoms with van der Waals surface area (Å²) >= 11 is 4.99. The van der Waals surface area contributed by atoms with E-state index in [0.29, 0.717) is 11.6 Å². The molecule has 6 heteroatoms. The van der Waals surface area contributed by atoms with Crippen molar-refractivity contribution in [2.45, 2.75) is 0 Å². The van der Waals surface area contributed by atoms with Crippen LogP contribution in [0.1, 0.15) is 5.56 Å². The fraction of sp³-hybridized carbons (Fsp3) is 0.462. The molecular weight excluding hydrogens is 280 g/mol. The molecule has 0 atom stereocenters. The third kappa shape index (κ3) is 4.26. The van der Waals surface area contributed by atoms with Crippen LogP contribution in [0.25, 0.3) is 0 Å². The van der Waals surface area contributed by atoms with E-state index in [-0.39, 0.29) is 0 Å². The summed E-state index contributed by atoms with van der Waals surface area (Å²) in [6, 6.07) is 7.53. The van der Waals surface area contributed by atoms with Gasteiger partial charge in [-0.3, -0.25) is 9.11 Å². The molecule has 104 valence electrons. The fourth-order valence-corrected chi connectivity index (χ4v) is 3.28. The van der Waals surface area contributed by atoms with Crippen molar-refractivity contribution in [3.63, 3.8) is 0 Å². The zero-order valence-corrected chi connectivity index (χ0v) is 12.3. The van der Waals surface area contributed by atoms with Crippen LogP contribution in [0, 0.1) is 0 Å². The highest BCUT2D eigenvalue weighted by atomic mass is 32.2. The number of thiocarbonyl (C=S) groups is 1. The molecule has 1 aliphatic rings. The summed E-state index contributed by atoms with van der Waals surface area (Å²) in [5, 5.41) is 0. The number of nitrogens with zero attached hydrogens (tertiary/aromatic N) is 1. The lowest BCUT2D eigenvalue weighted by molar-refractivity contribution is 0.221. The number of hydrogen-bond acceptors (Lipinski definition) is 4. The van der Waals surface area contributed by atoms with Gasteiger partial charge in [-0.2, -0.15) is 0 Å². The van der Waals surface area contributed by atoms with E-state index < -0.39 is 10.8 Å². The molecule has 0 radical (unpaired) electrons. The maximum Gasteiger partial charge on any atom is 0.129 e. The molecule has 1 aromatic rings. The molecule has 4 nitrogen and oxygen atoms in total. The molecular formula is C13H18N2O2S2. The zero-order chi connectivity index (χ0) is 13.7. The van der Waals surface area contributed by atoms with Crippen molar-refractivity contribution < 1.29 is 8.95 Å². The molecule has 2 rings (SSSR count). The van der Waals surface area contributed by atoms with Crippen LogP contribution in [0.2, 0.25) is 0 Å². The number of ether oxygens (including phenoxy) is 1. The van der Waals surface area contributed by atoms with Crippen LogP contribution in [0.4, 0.5) is 0 Å². The molecule has 0 aliphatic carbocycles. The van der Waals surface area contributed by atoms with Gasteiger partial charge in [-0.25, -0.2) is 0 Å². The van der Waals surface area contributed by atoms with E-state index >= 15 is 0 Å². The predicted octanol–water partition coefficient (Wildman–Crippen LogP) is 0.764. The summed E-state index contributed by atoms with van der Waals surface area (Å²) in [5.41, 5.74) is 6.43. The molecule has 0 saturated carbocycles. The van der Waals surface area contributed by atoms with Crippen LogP contribution in [0.5, 0.6) is 5.75 Å². The van der Waals surface area contributed by atoms with E-state index in [1.165, 1.54) is 0 Å². The Labute approximate surface area is 121 Å². The van der Waals surface area contributed by atoms with Crippen molar-refractivity contribution in [2.24, 2.45) is 5.73 Å². The van der Waals surface area contributed by atoms with E-state index in [1.54, 1.807) is 0 Å². The molecule has 0 bridgehead atoms. The second-order valence-corrected chi connectivity index (χ2v) is 6.53. The first-order chi connectivity index (χ1) is 9.16. The second-order valence-electron chi connectivity index (χ2n) is 4.40. The first kappa shape index (κ1) is 14.4. The Morgan fingerprint density at radius 2 is 2.05 bits per heavy atom. The molecule has 1 aromatic carbocycles. The van der Waals surface area contributed by atoms with E-state index in [0.717, 1.165) is 42.5 Å². The Kier molecular flexibility index (Phi) is 5.30. The average molecular weight is 298 g/mol. The van der Waals surface area contributed by atoms with Crippen LogP contribution in [0.3, 0.4) is 0 Å². The topological polar surface area (TPSA) is 55.6 Å². The largest absolute Gasteiger partial charge is 0.492 e. The number of para-hydroxylation sites is 1. The van der Waals surface area contributed by atoms with Gasteiger partial charge in [0, 0.05) is 41.9 Å². The third-order valence-corrected chi connectivity index (χ3v) is 4.58. The highest BCUT2D eigenvalue weighted by Gasteiger charge is 2.14. The number of benzene rings is 1. The molecule has 0 aromatic heterocycles. The lowest BCUT2D eigenvalue weighted by Gasteiger charge is -2.26. The maximum atomic E-state index is 11.2. The number of hydrogen-bond donors (Lipinski definition) is 1. The van der Waals surface area contributed by atoms with Gasteiger partial charge in [0.15, 0.2) is 0 Å². The Morgan fingerprint density at radius 3 is 2.74 bits per heavy atom. The van der Waals surface area contributed by atoms with Gasteiger partial charge in [-0.05, 0) is 12.1 Å². The fourth-order valence-electron chi connectivity index (χ4n) is 1.98. The highest BCUT2D eigenvalue weighted by molar-refractivity contribution is 7.85. The second kappa shape index (κ2) is 6.98. The van der Waals surface area contributed by atoms with E-state index in [4.69, 9.17) is 22.7 Å². The molecule has 19 heavy (non-hydrogen) atoms. The van der Waals surface area contributed by atoms with Gasteiger partial charge in [0.2, 0.25) is 0 Å². The van der Waals surface area contributed by atoms with Gasteiger partial charge in [-0.15, -0.1) is 0 Å². The molecule has 1 saturated heterocycles. The van der Waals surface area contributed by atoms with Crippen LogP contribution in [-0.2, 0) is 10.8 Å². The van der Waals surface area contributed by atoms with Crippen molar-refractivity contribution in [1.82, 2.24) is 4.90 Å². The first-order valence-electron chi connectivity index (χ1n) is 6.26. The van der Waals surface area contributed by atoms with Gasteiger partial charge in [0.25, 0.3) is 0 Å². The van der Waals surface area contributed by atoms with Crippen molar-refractivity contribution in [3.05, 3.63) is 29.8 Å². The minimum atomic E-state index is -0.628. The van der Waals surface area contributed by atoms with Gasteiger partial charge in [0.1, 0.15) is 17.3 Å². The SMILES string of the molecule is NC(=S)c1ccccc1OCCN1CCS(=O)CC1. The summed E-state index contributed by atoms with van der Waals surface area (Å²) in [6.07, 6.45) is 0. The van der Waals surface area contributed by atoms with Crippen LogP contribution in [0.15, 0.2) is 24.3 Å². The Balaban J connectivity index is 1.83. The third-order valence-electron chi connectivity index (χ3n) is 3.09. The molecule has 1 aliphatic heterocycles. The van der Waals surface area contributed by atoms with Crippen molar-refractivity contribution >= 4 is 28.0 Å². The molecule has 1 fully saturated rings. The quantitative estimate of drug-likeness (QED) is 0.814. The Bertz CT molecular complexity index is 469. The minimum Gasteiger partial charge on any atom is -0.492 e. The maximum absolute atomic E-state index is 11.2. The van der Waals surface area contributed by atoms with Crippen molar-refractivity contribution in [1.29, 1.82) is 0 Å². The molecule has 0 spiro atoms. The Hall–Kier alpha value is -0.980. The Morgan fingerprint density at radius 1 is 1.37 bits per heavy atom. The zero-order valence-electron chi connectivity index (χ0n) is 10.7. The number of nitrogens with two attached hydrogens (primary N) is 1. The summed E-state index contributed by atoms with van der Waals surface area (Å²) in [7, 11) is -0.628. The van der Waals surface area contributed by atoms with Crippen molar-refractivity contribution in [2.75, 3.05) is 37.7 Å². The predicted molar refractivity (Wildman–Crippen MR) is 82.1 cm³/mol. The summed E-state index contributed by atoms with van der Waals surface area (Å²) in [6.45, 7) is 3.19. The summed E-state index contributed by atoms with van der Waals surface area (Å²) in [5.74, 6) is 2.27. The summed E-state index contributed by atoms with van der Waals surface area (Å²) < 4.78 is 17.0. The molecule has 2 N–H and O–H groups in total. The van der Waals surface area contributed by atoms with Crippen LogP contribution in [-0.4, -0.2) is 51.8 Å². The number of rotatable bonds is 5. The monoisotopic (exact) mass is 298 g/mol. The van der Waals surface area contributed by atoms with E-state index in [2.05, 4.69) is 4.90 Å². The standard InChI is InChI=1S/C13H18N2O2S2/c14-13(18)11-3-1-2-4-12(11)17-8-5-15-6-9-19(16)10-7-15/h1-4H,5-10H2,(H2,14,18). The van der Waals surface area contributed by atoms with Gasteiger partial charge in [0.05, 0.1) is 5.56 Å². The minimum absolute atomic E-state index is 0.351. The molecule has 0 amide bonds. The first-order valence-corrected chi connectivity index (χ1v) is 8.15. The molecule has 1 heterocycles. The van der Waals surface area contributed by atoms with Gasteiger partial charge >= 0.3 is 0 Å². The molecule has 0 unspecified atom stereocenters. The lowest BCUT2D eigenvalue weighted by Crippen LogP contribution is -2.39.